The van der Waals surface area contributed by atoms with E-state index in [2.05, 4.69) is 125 Å². The molecule has 9 rings (SSSR count). The third-order valence-corrected chi connectivity index (χ3v) is 10.2. The largest absolute Gasteiger partial charge is 0.307 e. The first kappa shape index (κ1) is 30.5. The van der Waals surface area contributed by atoms with Gasteiger partial charge in [0.15, 0.2) is 5.65 Å². The van der Waals surface area contributed by atoms with Crippen LogP contribution in [0.1, 0.15) is 39.5 Å². The molecule has 0 unspecified atom stereocenters. The minimum atomic E-state index is 0.640. The monoisotopic (exact) mass is 661 g/mol. The molecule has 0 aliphatic heterocycles. The number of imidazole rings is 1. The van der Waals surface area contributed by atoms with Gasteiger partial charge in [0.2, 0.25) is 0 Å². The third kappa shape index (κ3) is 4.46. The molecule has 0 saturated heterocycles. The topological polar surface area (TPSA) is 77.2 Å². The summed E-state index contributed by atoms with van der Waals surface area (Å²) in [5, 5.41) is 12.0. The molecule has 0 radical (unpaired) electrons. The van der Waals surface area contributed by atoms with E-state index in [1.807, 2.05) is 39.8 Å². The Hall–Kier alpha value is -6.52. The van der Waals surface area contributed by atoms with Crippen LogP contribution in [-0.2, 0) is 0 Å². The summed E-state index contributed by atoms with van der Waals surface area (Å²) in [6.45, 7) is 12.4. The fourth-order valence-electron chi connectivity index (χ4n) is 8.09. The number of hydrogen-bond acceptors (Lipinski definition) is 4. The van der Waals surface area contributed by atoms with Crippen molar-refractivity contribution in [2.75, 3.05) is 0 Å². The quantitative estimate of drug-likeness (QED) is 0.188. The van der Waals surface area contributed by atoms with Crippen molar-refractivity contribution in [3.63, 3.8) is 0 Å². The maximum absolute atomic E-state index is 9.56. The lowest BCUT2D eigenvalue weighted by atomic mass is 9.96. The Bertz CT molecular complexity index is 2900. The highest BCUT2D eigenvalue weighted by Crippen LogP contribution is 2.42. The normalized spacial score (nSPS) is 11.7. The van der Waals surface area contributed by atoms with Crippen molar-refractivity contribution in [3.05, 3.63) is 143 Å². The summed E-state index contributed by atoms with van der Waals surface area (Å²) >= 11 is 0. The molecule has 246 valence electrons. The lowest BCUT2D eigenvalue weighted by Crippen LogP contribution is -2.06. The average molecular weight is 662 g/mol. The molecule has 4 heterocycles. The fourth-order valence-corrected chi connectivity index (χ4v) is 8.09. The van der Waals surface area contributed by atoms with E-state index in [4.69, 9.17) is 15.0 Å². The van der Waals surface area contributed by atoms with Crippen LogP contribution in [0.5, 0.6) is 0 Å². The first-order valence-corrected chi connectivity index (χ1v) is 17.2. The van der Waals surface area contributed by atoms with E-state index in [1.165, 1.54) is 32.8 Å². The zero-order valence-electron chi connectivity index (χ0n) is 29.4. The molecule has 0 aliphatic carbocycles. The Balaban J connectivity index is 1.29. The molecule has 0 saturated carbocycles. The summed E-state index contributed by atoms with van der Waals surface area (Å²) < 4.78 is 7.01. The molecule has 4 aromatic heterocycles. The molecule has 0 atom stereocenters. The molecular weight excluding hydrogens is 627 g/mol. The van der Waals surface area contributed by atoms with Crippen molar-refractivity contribution in [1.29, 1.82) is 5.26 Å². The SMILES string of the molecule is Cc1nc(-c2c(C)cc(C#N)cc2C)c2nc(C)n(-c3cc(C)c(-n4c5ccccc5c5c4c4ccccc4n5-c4ccccc4)cc3C)c2n1. The van der Waals surface area contributed by atoms with Crippen molar-refractivity contribution < 1.29 is 0 Å². The van der Waals surface area contributed by atoms with E-state index in [0.29, 0.717) is 11.4 Å². The second-order valence-corrected chi connectivity index (χ2v) is 13.5. The van der Waals surface area contributed by atoms with Gasteiger partial charge in [-0.1, -0.05) is 54.6 Å². The number of rotatable bonds is 4. The second-order valence-electron chi connectivity index (χ2n) is 13.5. The van der Waals surface area contributed by atoms with Crippen LogP contribution >= 0.6 is 0 Å². The predicted molar refractivity (Wildman–Crippen MR) is 206 cm³/mol. The zero-order chi connectivity index (χ0) is 35.1. The molecule has 7 heteroatoms. The average Bonchev–Trinajstić information content (AvgIpc) is 3.76. The second kappa shape index (κ2) is 11.3. The molecule has 51 heavy (non-hydrogen) atoms. The first-order chi connectivity index (χ1) is 24.7. The van der Waals surface area contributed by atoms with Crippen molar-refractivity contribution in [1.82, 2.24) is 28.7 Å². The van der Waals surface area contributed by atoms with Gasteiger partial charge in [0.05, 0.1) is 39.4 Å². The van der Waals surface area contributed by atoms with Crippen molar-refractivity contribution >= 4 is 44.0 Å². The van der Waals surface area contributed by atoms with Crippen LogP contribution in [0.2, 0.25) is 0 Å². The van der Waals surface area contributed by atoms with E-state index in [9.17, 15) is 5.26 Å². The maximum atomic E-state index is 9.56. The molecule has 9 aromatic rings. The number of nitriles is 1. The van der Waals surface area contributed by atoms with Crippen molar-refractivity contribution in [2.24, 2.45) is 0 Å². The van der Waals surface area contributed by atoms with Crippen molar-refractivity contribution in [2.45, 2.75) is 41.5 Å². The number of aryl methyl sites for hydroxylation is 6. The standard InChI is InChI=1S/C44H35N7/c1-25-23-38(51-36-19-13-11-17-34(36)42-43(51)33-16-10-12-18-35(33)50(42)32-14-8-7-9-15-32)26(2)22-37(25)49-30(6)48-41-40(46-29(5)47-44(41)49)39-27(3)20-31(24-45)21-28(39)4/h7-23H,1-6H3. The van der Waals surface area contributed by atoms with E-state index < -0.39 is 0 Å². The molecule has 0 spiro atoms. The highest BCUT2D eigenvalue weighted by Gasteiger charge is 2.25. The highest BCUT2D eigenvalue weighted by atomic mass is 15.2. The summed E-state index contributed by atoms with van der Waals surface area (Å²) in [6, 6.07) is 38.7. The Labute approximate surface area is 295 Å². The minimum absolute atomic E-state index is 0.640. The molecule has 0 bridgehead atoms. The number of aromatic nitrogens is 6. The summed E-state index contributed by atoms with van der Waals surface area (Å²) in [4.78, 5) is 15.0. The minimum Gasteiger partial charge on any atom is -0.307 e. The van der Waals surface area contributed by atoms with Gasteiger partial charge in [-0.15, -0.1) is 0 Å². The smallest absolute Gasteiger partial charge is 0.169 e. The summed E-state index contributed by atoms with van der Waals surface area (Å²) in [5.74, 6) is 1.51. The van der Waals surface area contributed by atoms with Gasteiger partial charge in [0.1, 0.15) is 22.9 Å². The van der Waals surface area contributed by atoms with Crippen LogP contribution in [0, 0.1) is 52.9 Å². The van der Waals surface area contributed by atoms with Gasteiger partial charge in [-0.3, -0.25) is 4.57 Å². The summed E-state index contributed by atoms with van der Waals surface area (Å²) in [6.07, 6.45) is 0. The van der Waals surface area contributed by atoms with Gasteiger partial charge in [0.25, 0.3) is 0 Å². The van der Waals surface area contributed by atoms with Gasteiger partial charge in [0, 0.05) is 27.7 Å². The van der Waals surface area contributed by atoms with Crippen LogP contribution in [0.4, 0.5) is 0 Å². The predicted octanol–water partition coefficient (Wildman–Crippen LogP) is 10.2. The molecule has 0 N–H and O–H groups in total. The molecule has 0 fully saturated rings. The van der Waals surface area contributed by atoms with E-state index in [1.54, 1.807) is 0 Å². The van der Waals surface area contributed by atoms with Gasteiger partial charge in [-0.2, -0.15) is 5.26 Å². The zero-order valence-corrected chi connectivity index (χ0v) is 29.4. The number of benzene rings is 5. The lowest BCUT2D eigenvalue weighted by Gasteiger charge is -2.17. The van der Waals surface area contributed by atoms with Crippen LogP contribution in [0.15, 0.2) is 103 Å². The molecule has 5 aromatic carbocycles. The Kier molecular flexibility index (Phi) is 6.74. The van der Waals surface area contributed by atoms with E-state index in [0.717, 1.165) is 67.6 Å². The van der Waals surface area contributed by atoms with E-state index in [-0.39, 0.29) is 0 Å². The fraction of sp³-hybridized carbons (Fsp3) is 0.136. The highest BCUT2D eigenvalue weighted by molar-refractivity contribution is 6.20. The van der Waals surface area contributed by atoms with Gasteiger partial charge >= 0.3 is 0 Å². The van der Waals surface area contributed by atoms with Crippen LogP contribution in [-0.4, -0.2) is 28.7 Å². The summed E-state index contributed by atoms with van der Waals surface area (Å²) in [5.41, 5.74) is 16.2. The molecular formula is C44H35N7. The maximum Gasteiger partial charge on any atom is 0.169 e. The Morgan fingerprint density at radius 2 is 1.10 bits per heavy atom. The van der Waals surface area contributed by atoms with Crippen LogP contribution in [0.25, 0.3) is 72.3 Å². The Morgan fingerprint density at radius 1 is 0.549 bits per heavy atom. The Morgan fingerprint density at radius 3 is 1.73 bits per heavy atom. The van der Waals surface area contributed by atoms with Crippen LogP contribution < -0.4 is 0 Å². The number of para-hydroxylation sites is 3. The number of fused-ring (bicyclic) bond motifs is 6. The van der Waals surface area contributed by atoms with Gasteiger partial charge < -0.3 is 9.13 Å². The number of nitrogens with zero attached hydrogens (tertiary/aromatic N) is 7. The molecule has 0 amide bonds. The van der Waals surface area contributed by atoms with Crippen LogP contribution in [0.3, 0.4) is 0 Å². The molecule has 0 aliphatic rings. The lowest BCUT2D eigenvalue weighted by molar-refractivity contribution is 0.961. The number of hydrogen-bond donors (Lipinski definition) is 0. The first-order valence-electron chi connectivity index (χ1n) is 17.2. The van der Waals surface area contributed by atoms with Gasteiger partial charge in [-0.25, -0.2) is 15.0 Å². The van der Waals surface area contributed by atoms with Crippen molar-refractivity contribution in [3.8, 4) is 34.4 Å². The van der Waals surface area contributed by atoms with Gasteiger partial charge in [-0.05, 0) is 112 Å². The summed E-state index contributed by atoms with van der Waals surface area (Å²) in [7, 11) is 0. The van der Waals surface area contributed by atoms with E-state index >= 15 is 0 Å². The third-order valence-electron chi connectivity index (χ3n) is 10.2. The molecule has 7 nitrogen and oxygen atoms in total.